The molecule has 0 radical (unpaired) electrons. The van der Waals surface area contributed by atoms with Gasteiger partial charge in [-0.3, -0.25) is 4.90 Å². The molecule has 1 aliphatic rings. The summed E-state index contributed by atoms with van der Waals surface area (Å²) in [6, 6.07) is 3.82. The van der Waals surface area contributed by atoms with Crippen LogP contribution in [0.1, 0.15) is 32.4 Å². The van der Waals surface area contributed by atoms with Gasteiger partial charge in [-0.2, -0.15) is 0 Å². The SMILES string of the molecule is CC1CN(C(C)c2cc(F)c(Cl)cc2Cl)C(C)CN1. The molecule has 0 bridgehead atoms. The molecule has 1 aromatic carbocycles. The molecule has 0 aromatic heterocycles. The molecule has 1 fully saturated rings. The van der Waals surface area contributed by atoms with Crippen molar-refractivity contribution >= 4 is 23.2 Å². The van der Waals surface area contributed by atoms with Crippen molar-refractivity contribution in [3.05, 3.63) is 33.6 Å². The molecule has 1 aliphatic heterocycles. The lowest BCUT2D eigenvalue weighted by atomic mass is 10.0. The second-order valence-corrected chi connectivity index (χ2v) is 6.13. The quantitative estimate of drug-likeness (QED) is 0.834. The van der Waals surface area contributed by atoms with E-state index in [9.17, 15) is 4.39 Å². The smallest absolute Gasteiger partial charge is 0.142 e. The first-order valence-electron chi connectivity index (χ1n) is 6.53. The highest BCUT2D eigenvalue weighted by Crippen LogP contribution is 2.33. The number of piperazine rings is 1. The van der Waals surface area contributed by atoms with Crippen LogP contribution in [0.15, 0.2) is 12.1 Å². The van der Waals surface area contributed by atoms with E-state index in [0.717, 1.165) is 18.7 Å². The fraction of sp³-hybridized carbons (Fsp3) is 0.571. The van der Waals surface area contributed by atoms with Gasteiger partial charge in [0.25, 0.3) is 0 Å². The Hall–Kier alpha value is -0.350. The topological polar surface area (TPSA) is 15.3 Å². The maximum Gasteiger partial charge on any atom is 0.142 e. The third kappa shape index (κ3) is 3.22. The number of rotatable bonds is 2. The summed E-state index contributed by atoms with van der Waals surface area (Å²) < 4.78 is 13.6. The summed E-state index contributed by atoms with van der Waals surface area (Å²) in [4.78, 5) is 2.34. The Morgan fingerprint density at radius 2 is 2.00 bits per heavy atom. The third-order valence-corrected chi connectivity index (χ3v) is 4.42. The Kier molecular flexibility index (Phi) is 4.72. The molecule has 1 aromatic rings. The van der Waals surface area contributed by atoms with Gasteiger partial charge in [-0.1, -0.05) is 23.2 Å². The predicted octanol–water partition coefficient (Wildman–Crippen LogP) is 3.88. The van der Waals surface area contributed by atoms with Crippen LogP contribution in [0.4, 0.5) is 4.39 Å². The van der Waals surface area contributed by atoms with Gasteiger partial charge in [0.2, 0.25) is 0 Å². The van der Waals surface area contributed by atoms with E-state index < -0.39 is 5.82 Å². The zero-order chi connectivity index (χ0) is 14.2. The summed E-state index contributed by atoms with van der Waals surface area (Å²) in [6.07, 6.45) is 0. The monoisotopic (exact) mass is 304 g/mol. The lowest BCUT2D eigenvalue weighted by molar-refractivity contribution is 0.103. The first-order chi connectivity index (χ1) is 8.90. The van der Waals surface area contributed by atoms with E-state index in [2.05, 4.69) is 31.0 Å². The van der Waals surface area contributed by atoms with Crippen molar-refractivity contribution < 1.29 is 4.39 Å². The van der Waals surface area contributed by atoms with Gasteiger partial charge < -0.3 is 5.32 Å². The highest BCUT2D eigenvalue weighted by atomic mass is 35.5. The highest BCUT2D eigenvalue weighted by Gasteiger charge is 2.28. The Morgan fingerprint density at radius 3 is 2.68 bits per heavy atom. The van der Waals surface area contributed by atoms with Gasteiger partial charge >= 0.3 is 0 Å². The van der Waals surface area contributed by atoms with E-state index in [1.54, 1.807) is 0 Å². The van der Waals surface area contributed by atoms with Crippen molar-refractivity contribution in [2.75, 3.05) is 13.1 Å². The standard InChI is InChI=1S/C14H19Cl2FN2/c1-8-7-19(9(2)6-18-8)10(3)11-4-14(17)13(16)5-12(11)15/h4-5,8-10,18H,6-7H2,1-3H3. The van der Waals surface area contributed by atoms with Gasteiger partial charge in [-0.25, -0.2) is 4.39 Å². The van der Waals surface area contributed by atoms with Gasteiger partial charge in [-0.15, -0.1) is 0 Å². The van der Waals surface area contributed by atoms with Gasteiger partial charge in [0, 0.05) is 36.2 Å². The zero-order valence-electron chi connectivity index (χ0n) is 11.4. The third-order valence-electron chi connectivity index (χ3n) is 3.80. The zero-order valence-corrected chi connectivity index (χ0v) is 12.9. The molecule has 5 heteroatoms. The fourth-order valence-corrected chi connectivity index (χ4v) is 3.17. The summed E-state index contributed by atoms with van der Waals surface area (Å²) in [5.41, 5.74) is 0.796. The molecule has 1 N–H and O–H groups in total. The van der Waals surface area contributed by atoms with Crippen LogP contribution in [-0.4, -0.2) is 30.1 Å². The molecule has 0 saturated carbocycles. The van der Waals surface area contributed by atoms with Gasteiger partial charge in [0.15, 0.2) is 0 Å². The van der Waals surface area contributed by atoms with Crippen molar-refractivity contribution in [1.29, 1.82) is 0 Å². The summed E-state index contributed by atoms with van der Waals surface area (Å²) in [6.45, 7) is 8.22. The van der Waals surface area contributed by atoms with E-state index in [1.807, 2.05) is 0 Å². The number of halogens is 3. The van der Waals surface area contributed by atoms with Crippen LogP contribution in [0.2, 0.25) is 10.0 Å². The second kappa shape index (κ2) is 5.96. The number of nitrogens with one attached hydrogen (secondary N) is 1. The first-order valence-corrected chi connectivity index (χ1v) is 7.29. The van der Waals surface area contributed by atoms with Crippen LogP contribution in [0.5, 0.6) is 0 Å². The number of hydrogen-bond acceptors (Lipinski definition) is 2. The molecule has 2 rings (SSSR count). The van der Waals surface area contributed by atoms with Crippen LogP contribution >= 0.6 is 23.2 Å². The average molecular weight is 305 g/mol. The normalized spacial score (nSPS) is 26.4. The highest BCUT2D eigenvalue weighted by molar-refractivity contribution is 6.35. The Morgan fingerprint density at radius 1 is 1.32 bits per heavy atom. The van der Waals surface area contributed by atoms with Crippen LogP contribution in [0.3, 0.4) is 0 Å². The molecule has 1 heterocycles. The van der Waals surface area contributed by atoms with Gasteiger partial charge in [0.1, 0.15) is 5.82 Å². The molecule has 0 spiro atoms. The molecular weight excluding hydrogens is 286 g/mol. The molecule has 2 nitrogen and oxygen atoms in total. The second-order valence-electron chi connectivity index (χ2n) is 5.32. The van der Waals surface area contributed by atoms with Crippen LogP contribution in [0.25, 0.3) is 0 Å². The van der Waals surface area contributed by atoms with Crippen molar-refractivity contribution in [2.45, 2.75) is 38.9 Å². The number of nitrogens with zero attached hydrogens (tertiary/aromatic N) is 1. The minimum absolute atomic E-state index is 0.0683. The van der Waals surface area contributed by atoms with Crippen molar-refractivity contribution in [3.8, 4) is 0 Å². The minimum Gasteiger partial charge on any atom is -0.311 e. The Balaban J connectivity index is 2.28. The summed E-state index contributed by atoms with van der Waals surface area (Å²) in [5.74, 6) is -0.413. The molecule has 106 valence electrons. The average Bonchev–Trinajstić information content (AvgIpc) is 2.36. The maximum atomic E-state index is 13.6. The number of benzene rings is 1. The predicted molar refractivity (Wildman–Crippen MR) is 78.5 cm³/mol. The van der Waals surface area contributed by atoms with E-state index >= 15 is 0 Å². The summed E-state index contributed by atoms with van der Waals surface area (Å²) >= 11 is 12.0. The largest absolute Gasteiger partial charge is 0.311 e. The van der Waals surface area contributed by atoms with Gasteiger partial charge in [-0.05, 0) is 38.5 Å². The van der Waals surface area contributed by atoms with Crippen LogP contribution < -0.4 is 5.32 Å². The molecular formula is C14H19Cl2FN2. The molecule has 0 amide bonds. The molecule has 3 atom stereocenters. The van der Waals surface area contributed by atoms with E-state index in [4.69, 9.17) is 23.2 Å². The maximum absolute atomic E-state index is 13.6. The molecule has 3 unspecified atom stereocenters. The Bertz CT molecular complexity index is 467. The first kappa shape index (κ1) is 15.0. The lowest BCUT2D eigenvalue weighted by Crippen LogP contribution is -2.54. The van der Waals surface area contributed by atoms with Gasteiger partial charge in [0.05, 0.1) is 5.02 Å². The van der Waals surface area contributed by atoms with E-state index in [-0.39, 0.29) is 11.1 Å². The molecule has 19 heavy (non-hydrogen) atoms. The van der Waals surface area contributed by atoms with Crippen LogP contribution in [0, 0.1) is 5.82 Å². The summed E-state index contributed by atoms with van der Waals surface area (Å²) in [5, 5.41) is 4.03. The number of hydrogen-bond donors (Lipinski definition) is 1. The van der Waals surface area contributed by atoms with E-state index in [1.165, 1.54) is 12.1 Å². The summed E-state index contributed by atoms with van der Waals surface area (Å²) in [7, 11) is 0. The Labute approximate surface area is 123 Å². The minimum atomic E-state index is -0.413. The van der Waals surface area contributed by atoms with Crippen molar-refractivity contribution in [3.63, 3.8) is 0 Å². The van der Waals surface area contributed by atoms with Crippen LogP contribution in [-0.2, 0) is 0 Å². The fourth-order valence-electron chi connectivity index (χ4n) is 2.63. The molecule has 0 aliphatic carbocycles. The van der Waals surface area contributed by atoms with Crippen molar-refractivity contribution in [1.82, 2.24) is 10.2 Å². The lowest BCUT2D eigenvalue weighted by Gasteiger charge is -2.41. The van der Waals surface area contributed by atoms with E-state index in [0.29, 0.717) is 17.1 Å². The van der Waals surface area contributed by atoms with Crippen molar-refractivity contribution in [2.24, 2.45) is 0 Å². The molecule has 1 saturated heterocycles.